The number of carbonyl (C=O) groups is 1. The number of para-hydroxylation sites is 1. The first kappa shape index (κ1) is 20.0. The number of carbonyl (C=O) groups excluding carboxylic acids is 1. The molecule has 27 heavy (non-hydrogen) atoms. The molecule has 0 bridgehead atoms. The maximum atomic E-state index is 12.2. The van der Waals surface area contributed by atoms with Crippen LogP contribution in [0.15, 0.2) is 48.5 Å². The summed E-state index contributed by atoms with van der Waals surface area (Å²) in [5.41, 5.74) is 2.19. The Morgan fingerprint density at radius 3 is 2.74 bits per heavy atom. The third-order valence-corrected chi connectivity index (χ3v) is 5.56. The van der Waals surface area contributed by atoms with Crippen molar-refractivity contribution in [2.45, 2.75) is 19.4 Å². The van der Waals surface area contributed by atoms with Gasteiger partial charge in [-0.05, 0) is 49.1 Å². The summed E-state index contributed by atoms with van der Waals surface area (Å²) in [6.07, 6.45) is 1.10. The highest BCUT2D eigenvalue weighted by Gasteiger charge is 2.23. The molecule has 1 heterocycles. The summed E-state index contributed by atoms with van der Waals surface area (Å²) in [6, 6.07) is 15.8. The molecule has 1 aliphatic rings. The number of nitrogens with zero attached hydrogens (tertiary/aromatic N) is 1. The standard InChI is InChI=1S/C21H25Cl2N3O/c1-15(19-8-7-17(22)11-20(19)23)24-13-21(27)25-12-16-9-10-26(14-16)18-5-3-2-4-6-18/h2-8,11,15-16,24H,9-10,12-14H2,1H3,(H,25,27). The Morgan fingerprint density at radius 1 is 1.22 bits per heavy atom. The van der Waals surface area contributed by atoms with Crippen LogP contribution in [0, 0.1) is 5.92 Å². The number of nitrogens with one attached hydrogen (secondary N) is 2. The molecule has 2 aromatic carbocycles. The predicted molar refractivity (Wildman–Crippen MR) is 113 cm³/mol. The van der Waals surface area contributed by atoms with Crippen molar-refractivity contribution in [1.82, 2.24) is 10.6 Å². The van der Waals surface area contributed by atoms with E-state index in [9.17, 15) is 4.79 Å². The van der Waals surface area contributed by atoms with E-state index in [0.29, 0.717) is 22.5 Å². The van der Waals surface area contributed by atoms with Crippen LogP contribution < -0.4 is 15.5 Å². The van der Waals surface area contributed by atoms with E-state index in [0.717, 1.165) is 25.1 Å². The molecule has 2 unspecified atom stereocenters. The molecule has 0 spiro atoms. The molecular formula is C21H25Cl2N3O. The maximum absolute atomic E-state index is 12.2. The summed E-state index contributed by atoms with van der Waals surface area (Å²) in [7, 11) is 0. The summed E-state index contributed by atoms with van der Waals surface area (Å²) >= 11 is 12.2. The van der Waals surface area contributed by atoms with Crippen LogP contribution in [0.25, 0.3) is 0 Å². The number of anilines is 1. The molecule has 6 heteroatoms. The fraction of sp³-hybridized carbons (Fsp3) is 0.381. The molecule has 1 aliphatic heterocycles. The first-order valence-electron chi connectivity index (χ1n) is 9.28. The molecule has 0 aliphatic carbocycles. The van der Waals surface area contributed by atoms with Gasteiger partial charge in [-0.15, -0.1) is 0 Å². The van der Waals surface area contributed by atoms with Gasteiger partial charge in [0, 0.05) is 41.4 Å². The number of halogens is 2. The Balaban J connectivity index is 1.40. The van der Waals surface area contributed by atoms with Crippen LogP contribution in [0.1, 0.15) is 24.9 Å². The van der Waals surface area contributed by atoms with Gasteiger partial charge < -0.3 is 15.5 Å². The molecule has 2 aromatic rings. The SMILES string of the molecule is CC(NCC(=O)NCC1CCN(c2ccccc2)C1)c1ccc(Cl)cc1Cl. The van der Waals surface area contributed by atoms with Gasteiger partial charge in [0.1, 0.15) is 0 Å². The van der Waals surface area contributed by atoms with Crippen LogP contribution in [-0.2, 0) is 4.79 Å². The van der Waals surface area contributed by atoms with Crippen molar-refractivity contribution in [2.75, 3.05) is 31.1 Å². The molecular weight excluding hydrogens is 381 g/mol. The summed E-state index contributed by atoms with van der Waals surface area (Å²) in [5, 5.41) is 7.48. The van der Waals surface area contributed by atoms with E-state index in [4.69, 9.17) is 23.2 Å². The highest BCUT2D eigenvalue weighted by atomic mass is 35.5. The normalized spacial score (nSPS) is 17.7. The molecule has 0 radical (unpaired) electrons. The Labute approximate surface area is 170 Å². The summed E-state index contributed by atoms with van der Waals surface area (Å²) in [6.45, 7) is 4.97. The maximum Gasteiger partial charge on any atom is 0.233 e. The van der Waals surface area contributed by atoms with Crippen LogP contribution >= 0.6 is 23.2 Å². The Morgan fingerprint density at radius 2 is 2.00 bits per heavy atom. The average Bonchev–Trinajstić information content (AvgIpc) is 3.14. The van der Waals surface area contributed by atoms with Gasteiger partial charge in [0.25, 0.3) is 0 Å². The lowest BCUT2D eigenvalue weighted by Gasteiger charge is -2.19. The summed E-state index contributed by atoms with van der Waals surface area (Å²) in [4.78, 5) is 14.6. The van der Waals surface area contributed by atoms with Crippen LogP contribution in [0.3, 0.4) is 0 Å². The number of hydrogen-bond acceptors (Lipinski definition) is 3. The number of amides is 1. The molecule has 3 rings (SSSR count). The highest BCUT2D eigenvalue weighted by molar-refractivity contribution is 6.35. The summed E-state index contributed by atoms with van der Waals surface area (Å²) < 4.78 is 0. The number of hydrogen-bond donors (Lipinski definition) is 2. The van der Waals surface area contributed by atoms with Gasteiger partial charge in [0.2, 0.25) is 5.91 Å². The third kappa shape index (κ3) is 5.61. The quantitative estimate of drug-likeness (QED) is 0.721. The average molecular weight is 406 g/mol. The van der Waals surface area contributed by atoms with Crippen molar-refractivity contribution in [2.24, 2.45) is 5.92 Å². The van der Waals surface area contributed by atoms with Crippen molar-refractivity contribution in [1.29, 1.82) is 0 Å². The van der Waals surface area contributed by atoms with Gasteiger partial charge in [-0.25, -0.2) is 0 Å². The van der Waals surface area contributed by atoms with Crippen LogP contribution in [0.4, 0.5) is 5.69 Å². The van der Waals surface area contributed by atoms with Gasteiger partial charge in [-0.2, -0.15) is 0 Å². The zero-order valence-corrected chi connectivity index (χ0v) is 16.9. The van der Waals surface area contributed by atoms with Gasteiger partial charge in [-0.3, -0.25) is 4.79 Å². The second-order valence-electron chi connectivity index (χ2n) is 7.01. The predicted octanol–water partition coefficient (Wildman–Crippen LogP) is 4.29. The third-order valence-electron chi connectivity index (χ3n) is 4.99. The van der Waals surface area contributed by atoms with E-state index in [1.54, 1.807) is 12.1 Å². The monoisotopic (exact) mass is 405 g/mol. The van der Waals surface area contributed by atoms with Gasteiger partial charge >= 0.3 is 0 Å². The highest BCUT2D eigenvalue weighted by Crippen LogP contribution is 2.26. The smallest absolute Gasteiger partial charge is 0.233 e. The molecule has 144 valence electrons. The molecule has 1 amide bonds. The lowest BCUT2D eigenvalue weighted by atomic mass is 10.1. The fourth-order valence-electron chi connectivity index (χ4n) is 3.40. The summed E-state index contributed by atoms with van der Waals surface area (Å²) in [5.74, 6) is 0.488. The second kappa shape index (κ2) is 9.45. The second-order valence-corrected chi connectivity index (χ2v) is 7.85. The van der Waals surface area contributed by atoms with Crippen LogP contribution in [0.2, 0.25) is 10.0 Å². The number of benzene rings is 2. The molecule has 2 atom stereocenters. The van der Waals surface area contributed by atoms with Gasteiger partial charge in [-0.1, -0.05) is 47.5 Å². The van der Waals surface area contributed by atoms with Crippen LogP contribution in [0.5, 0.6) is 0 Å². The minimum Gasteiger partial charge on any atom is -0.371 e. The van der Waals surface area contributed by atoms with Crippen molar-refractivity contribution < 1.29 is 4.79 Å². The zero-order valence-electron chi connectivity index (χ0n) is 15.4. The lowest BCUT2D eigenvalue weighted by molar-refractivity contribution is -0.120. The van der Waals surface area contributed by atoms with E-state index in [1.807, 2.05) is 19.1 Å². The topological polar surface area (TPSA) is 44.4 Å². The largest absolute Gasteiger partial charge is 0.371 e. The van der Waals surface area contributed by atoms with Crippen molar-refractivity contribution >= 4 is 34.8 Å². The van der Waals surface area contributed by atoms with Gasteiger partial charge in [0.15, 0.2) is 0 Å². The fourth-order valence-corrected chi connectivity index (χ4v) is 3.97. The van der Waals surface area contributed by atoms with E-state index in [2.05, 4.69) is 39.8 Å². The molecule has 1 fully saturated rings. The Hall–Kier alpha value is -1.75. The van der Waals surface area contributed by atoms with Crippen molar-refractivity contribution in [3.63, 3.8) is 0 Å². The minimum absolute atomic E-state index is 0.00472. The first-order chi connectivity index (χ1) is 13.0. The first-order valence-corrected chi connectivity index (χ1v) is 10.0. The molecule has 2 N–H and O–H groups in total. The zero-order chi connectivity index (χ0) is 19.2. The minimum atomic E-state index is -0.0273. The molecule has 0 saturated carbocycles. The van der Waals surface area contributed by atoms with Crippen molar-refractivity contribution in [3.8, 4) is 0 Å². The lowest BCUT2D eigenvalue weighted by Crippen LogP contribution is -2.38. The van der Waals surface area contributed by atoms with Crippen LogP contribution in [-0.4, -0.2) is 32.1 Å². The van der Waals surface area contributed by atoms with Crippen molar-refractivity contribution in [3.05, 3.63) is 64.1 Å². The van der Waals surface area contributed by atoms with E-state index in [-0.39, 0.29) is 18.5 Å². The Kier molecular flexibility index (Phi) is 7.00. The molecule has 1 saturated heterocycles. The molecule has 4 nitrogen and oxygen atoms in total. The number of rotatable bonds is 7. The van der Waals surface area contributed by atoms with E-state index in [1.165, 1.54) is 5.69 Å². The van der Waals surface area contributed by atoms with E-state index >= 15 is 0 Å². The molecule has 0 aromatic heterocycles. The van der Waals surface area contributed by atoms with E-state index < -0.39 is 0 Å². The Bertz CT molecular complexity index is 769. The van der Waals surface area contributed by atoms with Gasteiger partial charge in [0.05, 0.1) is 6.54 Å².